The zero-order chi connectivity index (χ0) is 14.8. The lowest BCUT2D eigenvalue weighted by Gasteiger charge is -2.15. The molecule has 1 unspecified atom stereocenters. The summed E-state index contributed by atoms with van der Waals surface area (Å²) in [6, 6.07) is 7.85. The van der Waals surface area contributed by atoms with Crippen molar-refractivity contribution in [3.8, 4) is 5.75 Å². The number of para-hydroxylation sites is 1. The van der Waals surface area contributed by atoms with Crippen molar-refractivity contribution in [1.29, 1.82) is 0 Å². The lowest BCUT2D eigenvalue weighted by atomic mass is 9.96. The maximum absolute atomic E-state index is 11.9. The molecule has 0 spiro atoms. The van der Waals surface area contributed by atoms with Crippen LogP contribution in [0.1, 0.15) is 38.2 Å². The van der Waals surface area contributed by atoms with Crippen LogP contribution in [0.2, 0.25) is 0 Å². The summed E-state index contributed by atoms with van der Waals surface area (Å²) in [7, 11) is 1.66. The molecule has 0 aromatic heterocycles. The Morgan fingerprint density at radius 1 is 1.24 bits per heavy atom. The Bertz CT molecular complexity index is 413. The van der Waals surface area contributed by atoms with Crippen molar-refractivity contribution in [2.24, 2.45) is 0 Å². The van der Waals surface area contributed by atoms with Crippen molar-refractivity contribution in [3.63, 3.8) is 0 Å². The molecule has 1 atom stereocenters. The molecule has 2 N–H and O–H groups in total. The lowest BCUT2D eigenvalue weighted by Crippen LogP contribution is -2.32. The Hall–Kier alpha value is -1.26. The van der Waals surface area contributed by atoms with E-state index >= 15 is 0 Å². The molecule has 5 heteroatoms. The Morgan fingerprint density at radius 3 is 2.62 bits per heavy atom. The number of hydrogen-bond donors (Lipinski definition) is 2. The minimum Gasteiger partial charge on any atom is -0.496 e. The SMILES string of the molecule is CCCNCCNC(=O)CC(C)c1ccccc1OC.Cl. The second-order valence-electron chi connectivity index (χ2n) is 4.95. The van der Waals surface area contributed by atoms with E-state index in [0.29, 0.717) is 13.0 Å². The van der Waals surface area contributed by atoms with Gasteiger partial charge in [-0.3, -0.25) is 4.79 Å². The highest BCUT2D eigenvalue weighted by Gasteiger charge is 2.14. The number of methoxy groups -OCH3 is 1. The summed E-state index contributed by atoms with van der Waals surface area (Å²) < 4.78 is 5.33. The fourth-order valence-corrected chi connectivity index (χ4v) is 2.13. The van der Waals surface area contributed by atoms with E-state index in [4.69, 9.17) is 4.74 Å². The van der Waals surface area contributed by atoms with E-state index < -0.39 is 0 Å². The molecule has 4 nitrogen and oxygen atoms in total. The van der Waals surface area contributed by atoms with Crippen molar-refractivity contribution < 1.29 is 9.53 Å². The van der Waals surface area contributed by atoms with Crippen LogP contribution in [0.25, 0.3) is 0 Å². The molecule has 0 aliphatic rings. The maximum Gasteiger partial charge on any atom is 0.220 e. The van der Waals surface area contributed by atoms with Gasteiger partial charge in [-0.2, -0.15) is 0 Å². The highest BCUT2D eigenvalue weighted by molar-refractivity contribution is 5.85. The number of ether oxygens (including phenoxy) is 1. The molecule has 21 heavy (non-hydrogen) atoms. The van der Waals surface area contributed by atoms with E-state index in [1.165, 1.54) is 0 Å². The van der Waals surface area contributed by atoms with Crippen molar-refractivity contribution in [1.82, 2.24) is 10.6 Å². The molecule has 0 fully saturated rings. The zero-order valence-electron chi connectivity index (χ0n) is 13.1. The summed E-state index contributed by atoms with van der Waals surface area (Å²) in [5, 5.41) is 6.20. The summed E-state index contributed by atoms with van der Waals surface area (Å²) in [5.74, 6) is 1.08. The van der Waals surface area contributed by atoms with Gasteiger partial charge in [0.15, 0.2) is 0 Å². The van der Waals surface area contributed by atoms with Crippen LogP contribution in [-0.4, -0.2) is 32.7 Å². The Morgan fingerprint density at radius 2 is 1.95 bits per heavy atom. The highest BCUT2D eigenvalue weighted by atomic mass is 35.5. The van der Waals surface area contributed by atoms with Crippen LogP contribution in [0, 0.1) is 0 Å². The van der Waals surface area contributed by atoms with E-state index in [0.717, 1.165) is 30.8 Å². The average Bonchev–Trinajstić information content (AvgIpc) is 2.46. The van der Waals surface area contributed by atoms with Crippen molar-refractivity contribution in [2.45, 2.75) is 32.6 Å². The number of halogens is 1. The Balaban J connectivity index is 0.00000400. The van der Waals surface area contributed by atoms with Crippen LogP contribution in [0.15, 0.2) is 24.3 Å². The molecular weight excluding hydrogens is 288 g/mol. The first kappa shape index (κ1) is 19.7. The second-order valence-corrected chi connectivity index (χ2v) is 4.95. The zero-order valence-corrected chi connectivity index (χ0v) is 14.0. The number of nitrogens with one attached hydrogen (secondary N) is 2. The van der Waals surface area contributed by atoms with Crippen LogP contribution in [0.3, 0.4) is 0 Å². The first-order chi connectivity index (χ1) is 9.69. The predicted octanol–water partition coefficient (Wildman–Crippen LogP) is 2.73. The van der Waals surface area contributed by atoms with E-state index in [2.05, 4.69) is 17.6 Å². The van der Waals surface area contributed by atoms with Crippen LogP contribution in [0.4, 0.5) is 0 Å². The summed E-state index contributed by atoms with van der Waals surface area (Å²) >= 11 is 0. The number of benzene rings is 1. The van der Waals surface area contributed by atoms with Crippen molar-refractivity contribution in [3.05, 3.63) is 29.8 Å². The van der Waals surface area contributed by atoms with E-state index in [1.54, 1.807) is 7.11 Å². The molecule has 1 aromatic carbocycles. The second kappa shape index (κ2) is 11.4. The summed E-state index contributed by atoms with van der Waals surface area (Å²) in [6.45, 7) is 6.67. The predicted molar refractivity (Wildman–Crippen MR) is 89.4 cm³/mol. The van der Waals surface area contributed by atoms with Gasteiger partial charge in [-0.05, 0) is 30.5 Å². The van der Waals surface area contributed by atoms with Gasteiger partial charge in [0.25, 0.3) is 0 Å². The van der Waals surface area contributed by atoms with Gasteiger partial charge < -0.3 is 15.4 Å². The average molecular weight is 315 g/mol. The first-order valence-electron chi connectivity index (χ1n) is 7.29. The van der Waals surface area contributed by atoms with Gasteiger partial charge >= 0.3 is 0 Å². The van der Waals surface area contributed by atoms with Gasteiger partial charge in [-0.15, -0.1) is 12.4 Å². The third-order valence-corrected chi connectivity index (χ3v) is 3.21. The van der Waals surface area contributed by atoms with Crippen LogP contribution >= 0.6 is 12.4 Å². The summed E-state index contributed by atoms with van der Waals surface area (Å²) in [4.78, 5) is 11.9. The molecule has 1 rings (SSSR count). The van der Waals surface area contributed by atoms with Crippen LogP contribution < -0.4 is 15.4 Å². The minimum absolute atomic E-state index is 0. The largest absolute Gasteiger partial charge is 0.496 e. The van der Waals surface area contributed by atoms with E-state index in [1.807, 2.05) is 31.2 Å². The third-order valence-electron chi connectivity index (χ3n) is 3.21. The van der Waals surface area contributed by atoms with Gasteiger partial charge in [-0.25, -0.2) is 0 Å². The van der Waals surface area contributed by atoms with E-state index in [9.17, 15) is 4.79 Å². The molecule has 0 saturated heterocycles. The fraction of sp³-hybridized carbons (Fsp3) is 0.562. The number of amides is 1. The smallest absolute Gasteiger partial charge is 0.220 e. The molecule has 1 aromatic rings. The molecule has 0 radical (unpaired) electrons. The van der Waals surface area contributed by atoms with Crippen molar-refractivity contribution in [2.75, 3.05) is 26.7 Å². The normalized spacial score (nSPS) is 11.4. The monoisotopic (exact) mass is 314 g/mol. The van der Waals surface area contributed by atoms with Gasteiger partial charge in [0.05, 0.1) is 7.11 Å². The first-order valence-corrected chi connectivity index (χ1v) is 7.29. The topological polar surface area (TPSA) is 50.4 Å². The lowest BCUT2D eigenvalue weighted by molar-refractivity contribution is -0.121. The molecular formula is C16H27ClN2O2. The molecule has 0 aliphatic carbocycles. The van der Waals surface area contributed by atoms with Gasteiger partial charge in [0.1, 0.15) is 5.75 Å². The number of hydrogen-bond acceptors (Lipinski definition) is 3. The van der Waals surface area contributed by atoms with Crippen LogP contribution in [-0.2, 0) is 4.79 Å². The van der Waals surface area contributed by atoms with Gasteiger partial charge in [0, 0.05) is 19.5 Å². The molecule has 1 amide bonds. The van der Waals surface area contributed by atoms with Crippen molar-refractivity contribution >= 4 is 18.3 Å². The molecule has 120 valence electrons. The molecule has 0 aliphatic heterocycles. The molecule has 0 bridgehead atoms. The fourth-order valence-electron chi connectivity index (χ4n) is 2.13. The summed E-state index contributed by atoms with van der Waals surface area (Å²) in [6.07, 6.45) is 1.59. The van der Waals surface area contributed by atoms with Crippen LogP contribution in [0.5, 0.6) is 5.75 Å². The third kappa shape index (κ3) is 7.34. The standard InChI is InChI=1S/C16H26N2O2.ClH/c1-4-9-17-10-11-18-16(19)12-13(2)14-7-5-6-8-15(14)20-3;/h5-8,13,17H,4,9-12H2,1-3H3,(H,18,19);1H. The molecule has 0 heterocycles. The summed E-state index contributed by atoms with van der Waals surface area (Å²) in [5.41, 5.74) is 1.08. The maximum atomic E-state index is 11.9. The van der Waals surface area contributed by atoms with E-state index in [-0.39, 0.29) is 24.2 Å². The number of rotatable bonds is 9. The quantitative estimate of drug-likeness (QED) is 0.689. The Kier molecular flexibility index (Phi) is 10.7. The van der Waals surface area contributed by atoms with Gasteiger partial charge in [-0.1, -0.05) is 32.0 Å². The van der Waals surface area contributed by atoms with Gasteiger partial charge in [0.2, 0.25) is 5.91 Å². The minimum atomic E-state index is 0. The number of carbonyl (C=O) groups excluding carboxylic acids is 1. The highest BCUT2D eigenvalue weighted by Crippen LogP contribution is 2.28. The molecule has 0 saturated carbocycles. The number of carbonyl (C=O) groups is 1. The Labute approximate surface area is 134 Å².